The van der Waals surface area contributed by atoms with E-state index in [1.807, 2.05) is 31.2 Å². The molecule has 7 heteroatoms. The maximum Gasteiger partial charge on any atom is 0.407 e. The molecule has 0 aromatic heterocycles. The summed E-state index contributed by atoms with van der Waals surface area (Å²) in [5.74, 6) is -1.05. The van der Waals surface area contributed by atoms with Crippen molar-refractivity contribution in [3.8, 4) is 11.1 Å². The number of rotatable bonds is 7. The van der Waals surface area contributed by atoms with Gasteiger partial charge in [-0.2, -0.15) is 0 Å². The molecule has 0 radical (unpaired) electrons. The molecule has 2 N–H and O–H groups in total. The Morgan fingerprint density at radius 1 is 1.12 bits per heavy atom. The minimum absolute atomic E-state index is 0.0260. The molecule has 1 aliphatic heterocycles. The number of hydrogen-bond donors (Lipinski definition) is 2. The zero-order valence-corrected chi connectivity index (χ0v) is 19.8. The first kappa shape index (κ1) is 23.8. The maximum absolute atomic E-state index is 12.8. The van der Waals surface area contributed by atoms with Crippen LogP contribution in [-0.2, 0) is 14.3 Å². The highest BCUT2D eigenvalue weighted by molar-refractivity contribution is 5.81. The summed E-state index contributed by atoms with van der Waals surface area (Å²) in [5.41, 5.74) is 3.70. The monoisotopic (exact) mass is 464 g/mol. The van der Waals surface area contributed by atoms with E-state index in [2.05, 4.69) is 29.6 Å². The number of fused-ring (bicyclic) bond motifs is 3. The van der Waals surface area contributed by atoms with Crippen molar-refractivity contribution in [3.05, 3.63) is 59.7 Å². The van der Waals surface area contributed by atoms with Gasteiger partial charge in [-0.25, -0.2) is 4.79 Å². The predicted molar refractivity (Wildman–Crippen MR) is 128 cm³/mol. The molecule has 1 heterocycles. The van der Waals surface area contributed by atoms with Gasteiger partial charge in [0.15, 0.2) is 0 Å². The third-order valence-corrected chi connectivity index (χ3v) is 7.14. The van der Waals surface area contributed by atoms with Gasteiger partial charge < -0.3 is 20.1 Å². The molecule has 0 saturated carbocycles. The highest BCUT2D eigenvalue weighted by Gasteiger charge is 2.39. The van der Waals surface area contributed by atoms with Gasteiger partial charge in [0.2, 0.25) is 5.91 Å². The van der Waals surface area contributed by atoms with E-state index in [1.54, 1.807) is 11.8 Å². The average molecular weight is 465 g/mol. The predicted octanol–water partition coefficient (Wildman–Crippen LogP) is 4.41. The molecule has 2 aromatic rings. The van der Waals surface area contributed by atoms with Gasteiger partial charge in [-0.15, -0.1) is 0 Å². The van der Waals surface area contributed by atoms with Gasteiger partial charge in [-0.1, -0.05) is 55.5 Å². The second kappa shape index (κ2) is 9.87. The number of benzene rings is 2. The number of amides is 2. The first-order valence-electron chi connectivity index (χ1n) is 11.9. The van der Waals surface area contributed by atoms with E-state index in [1.165, 1.54) is 11.1 Å². The minimum atomic E-state index is -0.921. The van der Waals surface area contributed by atoms with E-state index in [4.69, 9.17) is 4.74 Å². The Morgan fingerprint density at radius 2 is 1.74 bits per heavy atom. The van der Waals surface area contributed by atoms with Gasteiger partial charge in [0.05, 0.1) is 5.41 Å². The van der Waals surface area contributed by atoms with Crippen molar-refractivity contribution in [1.29, 1.82) is 0 Å². The van der Waals surface area contributed by atoms with Crippen LogP contribution in [0.2, 0.25) is 0 Å². The fourth-order valence-electron chi connectivity index (χ4n) is 5.07. The third-order valence-electron chi connectivity index (χ3n) is 7.14. The lowest BCUT2D eigenvalue weighted by Gasteiger charge is -2.38. The van der Waals surface area contributed by atoms with Crippen LogP contribution in [0.1, 0.15) is 56.6 Å². The van der Waals surface area contributed by atoms with Gasteiger partial charge in [-0.05, 0) is 48.4 Å². The Kier molecular flexibility index (Phi) is 6.91. The molecular weight excluding hydrogens is 432 g/mol. The first-order valence-corrected chi connectivity index (χ1v) is 11.9. The number of carbonyl (C=O) groups excluding carboxylic acids is 2. The maximum atomic E-state index is 12.8. The van der Waals surface area contributed by atoms with Gasteiger partial charge >= 0.3 is 12.1 Å². The van der Waals surface area contributed by atoms with Crippen LogP contribution >= 0.6 is 0 Å². The summed E-state index contributed by atoms with van der Waals surface area (Å²) in [5, 5.41) is 12.3. The van der Waals surface area contributed by atoms with E-state index in [-0.39, 0.29) is 37.4 Å². The summed E-state index contributed by atoms with van der Waals surface area (Å²) < 4.78 is 5.61. The van der Waals surface area contributed by atoms with Crippen molar-refractivity contribution in [3.63, 3.8) is 0 Å². The number of nitrogens with one attached hydrogen (secondary N) is 1. The molecular formula is C27H32N2O5. The molecule has 1 saturated heterocycles. The number of ether oxygens (including phenoxy) is 1. The van der Waals surface area contributed by atoms with Crippen molar-refractivity contribution in [1.82, 2.24) is 10.2 Å². The number of nitrogens with zero attached hydrogens (tertiary/aromatic N) is 1. The van der Waals surface area contributed by atoms with Crippen LogP contribution in [0.25, 0.3) is 11.1 Å². The fraction of sp³-hybridized carbons (Fsp3) is 0.444. The molecule has 2 atom stereocenters. The van der Waals surface area contributed by atoms with Crippen LogP contribution in [0.5, 0.6) is 0 Å². The van der Waals surface area contributed by atoms with Crippen LogP contribution in [0.15, 0.2) is 48.5 Å². The average Bonchev–Trinajstić information content (AvgIpc) is 3.16. The Labute approximate surface area is 200 Å². The van der Waals surface area contributed by atoms with Gasteiger partial charge in [0.25, 0.3) is 0 Å². The van der Waals surface area contributed by atoms with E-state index < -0.39 is 17.5 Å². The lowest BCUT2D eigenvalue weighted by molar-refractivity contribution is -0.153. The number of hydrogen-bond acceptors (Lipinski definition) is 4. The van der Waals surface area contributed by atoms with Crippen LogP contribution in [-0.4, -0.2) is 53.7 Å². The molecule has 2 unspecified atom stereocenters. The number of carboxylic acid groups (broad SMARTS) is 1. The molecule has 1 fully saturated rings. The zero-order valence-electron chi connectivity index (χ0n) is 19.8. The topological polar surface area (TPSA) is 95.9 Å². The Balaban J connectivity index is 1.34. The summed E-state index contributed by atoms with van der Waals surface area (Å²) in [4.78, 5) is 38.7. The summed E-state index contributed by atoms with van der Waals surface area (Å²) in [6.07, 6.45) is 1.36. The third kappa shape index (κ3) is 4.79. The second-order valence-electron chi connectivity index (χ2n) is 9.56. The van der Waals surface area contributed by atoms with Crippen LogP contribution in [0.4, 0.5) is 4.79 Å². The zero-order chi connectivity index (χ0) is 24.3. The second-order valence-corrected chi connectivity index (χ2v) is 9.56. The highest BCUT2D eigenvalue weighted by atomic mass is 16.5. The molecule has 2 aliphatic rings. The number of piperidine rings is 1. The van der Waals surface area contributed by atoms with Crippen LogP contribution in [0.3, 0.4) is 0 Å². The standard InChI is InChI=1S/C27H32N2O5/c1-3-18(15-24(30)29-14-8-13-27(2,17-29)25(31)32)28-26(33)34-16-23-21-11-6-4-9-19(21)20-10-5-7-12-22(20)23/h4-7,9-12,18,23H,3,8,13-17H2,1-2H3,(H,28,33)(H,31,32). The molecule has 2 aromatic carbocycles. The van der Waals surface area contributed by atoms with Crippen molar-refractivity contribution >= 4 is 18.0 Å². The number of carboxylic acids is 1. The van der Waals surface area contributed by atoms with Crippen molar-refractivity contribution in [2.75, 3.05) is 19.7 Å². The number of carbonyl (C=O) groups is 3. The first-order chi connectivity index (χ1) is 16.3. The SMILES string of the molecule is CCC(CC(=O)N1CCCC(C)(C(=O)O)C1)NC(=O)OCC1c2ccccc2-c2ccccc21. The lowest BCUT2D eigenvalue weighted by Crippen LogP contribution is -2.50. The molecule has 2 amide bonds. The number of aliphatic carboxylic acids is 1. The summed E-state index contributed by atoms with van der Waals surface area (Å²) in [7, 11) is 0. The highest BCUT2D eigenvalue weighted by Crippen LogP contribution is 2.44. The molecule has 34 heavy (non-hydrogen) atoms. The van der Waals surface area contributed by atoms with Crippen molar-refractivity contribution < 1.29 is 24.2 Å². The number of alkyl carbamates (subject to hydrolysis) is 1. The Morgan fingerprint density at radius 3 is 2.32 bits per heavy atom. The van der Waals surface area contributed by atoms with Gasteiger partial charge in [0.1, 0.15) is 6.61 Å². The smallest absolute Gasteiger partial charge is 0.407 e. The Bertz CT molecular complexity index is 1040. The molecule has 1 aliphatic carbocycles. The number of likely N-dealkylation sites (tertiary alicyclic amines) is 1. The molecule has 0 bridgehead atoms. The minimum Gasteiger partial charge on any atom is -0.481 e. The summed E-state index contributed by atoms with van der Waals surface area (Å²) >= 11 is 0. The molecule has 7 nitrogen and oxygen atoms in total. The fourth-order valence-corrected chi connectivity index (χ4v) is 5.07. The molecule has 0 spiro atoms. The van der Waals surface area contributed by atoms with E-state index >= 15 is 0 Å². The largest absolute Gasteiger partial charge is 0.481 e. The normalized spacial score (nSPS) is 20.2. The lowest BCUT2D eigenvalue weighted by atomic mass is 9.82. The van der Waals surface area contributed by atoms with Crippen molar-refractivity contribution in [2.45, 2.75) is 51.5 Å². The van der Waals surface area contributed by atoms with Crippen molar-refractivity contribution in [2.24, 2.45) is 5.41 Å². The van der Waals surface area contributed by atoms with E-state index in [9.17, 15) is 19.5 Å². The van der Waals surface area contributed by atoms with Gasteiger partial charge in [-0.3, -0.25) is 9.59 Å². The Hall–Kier alpha value is -3.35. The molecule has 4 rings (SSSR count). The van der Waals surface area contributed by atoms with E-state index in [0.29, 0.717) is 25.8 Å². The van der Waals surface area contributed by atoms with Crippen LogP contribution < -0.4 is 5.32 Å². The van der Waals surface area contributed by atoms with E-state index in [0.717, 1.165) is 11.1 Å². The quantitative estimate of drug-likeness (QED) is 0.633. The van der Waals surface area contributed by atoms with Gasteiger partial charge in [0, 0.05) is 31.5 Å². The summed E-state index contributed by atoms with van der Waals surface area (Å²) in [6, 6.07) is 15.9. The van der Waals surface area contributed by atoms with Crippen LogP contribution in [0, 0.1) is 5.41 Å². The summed E-state index contributed by atoms with van der Waals surface area (Å²) in [6.45, 7) is 4.54. The molecule has 180 valence electrons.